The average Bonchev–Trinajstić information content (AvgIpc) is 2.73. The predicted octanol–water partition coefficient (Wildman–Crippen LogP) is 3.17. The second-order valence-corrected chi connectivity index (χ2v) is 8.19. The lowest BCUT2D eigenvalue weighted by Crippen LogP contribution is -2.38. The van der Waals surface area contributed by atoms with E-state index in [-0.39, 0.29) is 11.8 Å². The Morgan fingerprint density at radius 2 is 1.87 bits per heavy atom. The van der Waals surface area contributed by atoms with Crippen LogP contribution in [0.2, 0.25) is 5.02 Å². The van der Waals surface area contributed by atoms with Crippen LogP contribution in [0.25, 0.3) is 16.6 Å². The van der Waals surface area contributed by atoms with Crippen molar-refractivity contribution in [1.29, 1.82) is 0 Å². The molecule has 0 radical (unpaired) electrons. The van der Waals surface area contributed by atoms with Gasteiger partial charge in [-0.3, -0.25) is 4.57 Å². The molecule has 4 rings (SSSR count). The van der Waals surface area contributed by atoms with Crippen LogP contribution in [-0.4, -0.2) is 48.9 Å². The number of benzene rings is 2. The van der Waals surface area contributed by atoms with Crippen LogP contribution < -0.4 is 21.2 Å². The fourth-order valence-corrected chi connectivity index (χ4v) is 4.16. The molecule has 1 saturated heterocycles. The van der Waals surface area contributed by atoms with E-state index >= 15 is 0 Å². The van der Waals surface area contributed by atoms with Crippen molar-refractivity contribution >= 4 is 40.1 Å². The van der Waals surface area contributed by atoms with Crippen molar-refractivity contribution in [3.63, 3.8) is 0 Å². The molecule has 0 atom stereocenters. The van der Waals surface area contributed by atoms with E-state index in [1.165, 1.54) is 0 Å². The second-order valence-electron chi connectivity index (χ2n) is 7.75. The quantitative estimate of drug-likeness (QED) is 0.668. The number of carbonyl (C=O) groups is 1. The third-order valence-corrected chi connectivity index (χ3v) is 5.67. The van der Waals surface area contributed by atoms with Crippen LogP contribution >= 0.6 is 11.6 Å². The summed E-state index contributed by atoms with van der Waals surface area (Å²) in [5.74, 6) is 0.598. The number of nitrogens with zero attached hydrogens (tertiary/aromatic N) is 4. The van der Waals surface area contributed by atoms with E-state index in [9.17, 15) is 9.59 Å². The number of anilines is 2. The number of halogens is 1. The first-order chi connectivity index (χ1) is 14.8. The fraction of sp³-hybridized carbons (Fsp3) is 0.318. The minimum absolute atomic E-state index is 0.159. The number of rotatable bonds is 4. The summed E-state index contributed by atoms with van der Waals surface area (Å²) in [6.45, 7) is 1.45. The summed E-state index contributed by atoms with van der Waals surface area (Å²) in [6.07, 6.45) is 0.502. The molecule has 1 aliphatic rings. The molecule has 0 unspecified atom stereocenters. The van der Waals surface area contributed by atoms with Gasteiger partial charge in [-0.05, 0) is 36.4 Å². The number of primary amides is 1. The largest absolute Gasteiger partial charge is 0.446 e. The van der Waals surface area contributed by atoms with Crippen molar-refractivity contribution in [3.8, 4) is 5.69 Å². The second kappa shape index (κ2) is 8.47. The normalized spacial score (nSPS) is 14.6. The Morgan fingerprint density at radius 1 is 1.16 bits per heavy atom. The number of ether oxygens (including phenoxy) is 1. The molecule has 2 N–H and O–H groups in total. The Kier molecular flexibility index (Phi) is 5.73. The lowest BCUT2D eigenvalue weighted by Gasteiger charge is -2.33. The summed E-state index contributed by atoms with van der Waals surface area (Å²) in [7, 11) is 3.71. The number of fused-ring (bicyclic) bond motifs is 1. The molecule has 8 nitrogen and oxygen atoms in total. The van der Waals surface area contributed by atoms with Gasteiger partial charge in [-0.2, -0.15) is 4.98 Å². The lowest BCUT2D eigenvalue weighted by atomic mass is 10.1. The van der Waals surface area contributed by atoms with Gasteiger partial charge in [0.15, 0.2) is 0 Å². The van der Waals surface area contributed by atoms with E-state index < -0.39 is 6.09 Å². The van der Waals surface area contributed by atoms with Gasteiger partial charge in [0.1, 0.15) is 11.9 Å². The minimum atomic E-state index is -0.737. The van der Waals surface area contributed by atoms with Crippen molar-refractivity contribution in [2.45, 2.75) is 18.9 Å². The minimum Gasteiger partial charge on any atom is -0.446 e. The van der Waals surface area contributed by atoms with Gasteiger partial charge < -0.3 is 20.3 Å². The molecule has 1 fully saturated rings. The third-order valence-electron chi connectivity index (χ3n) is 5.44. The summed E-state index contributed by atoms with van der Waals surface area (Å²) in [5, 5.41) is 1.38. The van der Waals surface area contributed by atoms with E-state index in [0.29, 0.717) is 34.9 Å². The summed E-state index contributed by atoms with van der Waals surface area (Å²) in [5.41, 5.74) is 7.14. The van der Waals surface area contributed by atoms with Crippen LogP contribution in [-0.2, 0) is 4.74 Å². The van der Waals surface area contributed by atoms with E-state index in [2.05, 4.69) is 9.88 Å². The molecule has 1 aromatic heterocycles. The van der Waals surface area contributed by atoms with Gasteiger partial charge in [0.25, 0.3) is 0 Å². The highest BCUT2D eigenvalue weighted by Crippen LogP contribution is 2.28. The van der Waals surface area contributed by atoms with E-state index in [4.69, 9.17) is 22.1 Å². The molecule has 3 aromatic rings. The maximum atomic E-state index is 13.0. The Labute approximate surface area is 184 Å². The van der Waals surface area contributed by atoms with Crippen molar-refractivity contribution in [3.05, 3.63) is 58.0 Å². The zero-order chi connectivity index (χ0) is 22.1. The standard InChI is InChI=1S/C22H24ClN5O3/c1-26(2)20-18-7-6-14(23)12-19(18)28(22(30)25-20)16-5-3-4-15(13-16)27-10-8-17(9-11-27)31-21(24)29/h3-7,12-13,17H,8-11H2,1-2H3,(H2,24,29). The first kappa shape index (κ1) is 21.0. The van der Waals surface area contributed by atoms with Crippen LogP contribution in [0.1, 0.15) is 12.8 Å². The fourth-order valence-electron chi connectivity index (χ4n) is 4.00. The van der Waals surface area contributed by atoms with E-state index in [0.717, 1.165) is 24.2 Å². The van der Waals surface area contributed by atoms with Gasteiger partial charge in [-0.25, -0.2) is 9.59 Å². The van der Waals surface area contributed by atoms with Gasteiger partial charge in [0.05, 0.1) is 11.2 Å². The first-order valence-corrected chi connectivity index (χ1v) is 10.4. The maximum absolute atomic E-state index is 13.0. The Hall–Kier alpha value is -3.26. The molecule has 1 aliphatic heterocycles. The first-order valence-electron chi connectivity index (χ1n) is 10.0. The molecule has 162 valence electrons. The topological polar surface area (TPSA) is 93.7 Å². The zero-order valence-corrected chi connectivity index (χ0v) is 18.2. The number of hydrogen-bond acceptors (Lipinski definition) is 6. The number of carbonyl (C=O) groups excluding carboxylic acids is 1. The Morgan fingerprint density at radius 3 is 2.55 bits per heavy atom. The molecule has 2 heterocycles. The zero-order valence-electron chi connectivity index (χ0n) is 17.4. The highest BCUT2D eigenvalue weighted by molar-refractivity contribution is 6.31. The number of nitrogens with two attached hydrogens (primary N) is 1. The number of piperidine rings is 1. The van der Waals surface area contributed by atoms with Gasteiger partial charge in [-0.15, -0.1) is 0 Å². The maximum Gasteiger partial charge on any atom is 0.404 e. The third kappa shape index (κ3) is 4.29. The predicted molar refractivity (Wildman–Crippen MR) is 123 cm³/mol. The van der Waals surface area contributed by atoms with Crippen LogP contribution in [0.5, 0.6) is 0 Å². The number of aromatic nitrogens is 2. The van der Waals surface area contributed by atoms with E-state index in [1.54, 1.807) is 16.7 Å². The number of amides is 1. The molecule has 31 heavy (non-hydrogen) atoms. The molecule has 9 heteroatoms. The van der Waals surface area contributed by atoms with Crippen molar-refractivity contribution in [2.75, 3.05) is 37.0 Å². The van der Waals surface area contributed by atoms with Crippen molar-refractivity contribution in [2.24, 2.45) is 5.73 Å². The molecule has 1 amide bonds. The lowest BCUT2D eigenvalue weighted by molar-refractivity contribution is 0.0912. The van der Waals surface area contributed by atoms with E-state index in [1.807, 2.05) is 49.3 Å². The van der Waals surface area contributed by atoms with Crippen LogP contribution in [0.4, 0.5) is 16.3 Å². The molecule has 0 saturated carbocycles. The number of hydrogen-bond donors (Lipinski definition) is 1. The van der Waals surface area contributed by atoms with Crippen molar-refractivity contribution < 1.29 is 9.53 Å². The van der Waals surface area contributed by atoms with Gasteiger partial charge in [-0.1, -0.05) is 17.7 Å². The van der Waals surface area contributed by atoms with Crippen LogP contribution in [0.3, 0.4) is 0 Å². The van der Waals surface area contributed by atoms with Gasteiger partial charge in [0, 0.05) is 56.1 Å². The van der Waals surface area contributed by atoms with Crippen LogP contribution in [0.15, 0.2) is 47.3 Å². The molecule has 2 aromatic carbocycles. The highest BCUT2D eigenvalue weighted by Gasteiger charge is 2.22. The summed E-state index contributed by atoms with van der Waals surface area (Å²) < 4.78 is 6.70. The smallest absolute Gasteiger partial charge is 0.404 e. The summed E-state index contributed by atoms with van der Waals surface area (Å²) in [6, 6.07) is 13.2. The molecule has 0 bridgehead atoms. The van der Waals surface area contributed by atoms with Gasteiger partial charge >= 0.3 is 11.8 Å². The Balaban J connectivity index is 1.73. The Bertz CT molecular complexity index is 1190. The molecular weight excluding hydrogens is 418 g/mol. The summed E-state index contributed by atoms with van der Waals surface area (Å²) in [4.78, 5) is 32.3. The van der Waals surface area contributed by atoms with Gasteiger partial charge in [0.2, 0.25) is 0 Å². The average molecular weight is 442 g/mol. The summed E-state index contributed by atoms with van der Waals surface area (Å²) >= 11 is 6.26. The highest BCUT2D eigenvalue weighted by atomic mass is 35.5. The molecule has 0 aliphatic carbocycles. The monoisotopic (exact) mass is 441 g/mol. The molecule has 0 spiro atoms. The van der Waals surface area contributed by atoms with Crippen LogP contribution in [0, 0.1) is 0 Å². The SMILES string of the molecule is CN(C)c1nc(=O)n(-c2cccc(N3CCC(OC(N)=O)CC3)c2)c2cc(Cl)ccc12. The molecular formula is C22H24ClN5O3. The van der Waals surface area contributed by atoms with Crippen molar-refractivity contribution in [1.82, 2.24) is 9.55 Å².